The zero-order chi connectivity index (χ0) is 21.1. The molecule has 0 radical (unpaired) electrons. The Balaban J connectivity index is 1.72. The maximum Gasteiger partial charge on any atom is 0.307 e. The van der Waals surface area contributed by atoms with Crippen LogP contribution in [-0.4, -0.2) is 26.6 Å². The lowest BCUT2D eigenvalue weighted by atomic mass is 10.0. The first-order chi connectivity index (χ1) is 13.7. The summed E-state index contributed by atoms with van der Waals surface area (Å²) in [6, 6.07) is 12.4. The van der Waals surface area contributed by atoms with Crippen LogP contribution in [-0.2, 0) is 24.2 Å². The summed E-state index contributed by atoms with van der Waals surface area (Å²) in [7, 11) is 0. The number of carboxylic acids is 1. The molecule has 0 saturated heterocycles. The van der Waals surface area contributed by atoms with Gasteiger partial charge in [-0.1, -0.05) is 47.5 Å². The van der Waals surface area contributed by atoms with E-state index in [1.807, 2.05) is 26.0 Å². The number of hydrogen-bond donors (Lipinski definition) is 1. The molecule has 3 aromatic rings. The molecule has 1 heterocycles. The molecule has 7 heteroatoms. The van der Waals surface area contributed by atoms with Crippen molar-refractivity contribution in [1.29, 1.82) is 0 Å². The fourth-order valence-electron chi connectivity index (χ4n) is 3.26. The van der Waals surface area contributed by atoms with Crippen LogP contribution in [0.1, 0.15) is 38.4 Å². The highest BCUT2D eigenvalue weighted by Crippen LogP contribution is 2.21. The number of benzene rings is 2. The molecule has 5 nitrogen and oxygen atoms in total. The first-order valence-corrected chi connectivity index (χ1v) is 9.80. The molecule has 1 aromatic heterocycles. The SMILES string of the molecule is Cc1nn(Cc2ccc(C(=O)Cc3cc(Cl)cc(Cl)c3)cc2)c(C)c1CC(=O)O. The van der Waals surface area contributed by atoms with Crippen molar-refractivity contribution in [3.63, 3.8) is 0 Å². The maximum absolute atomic E-state index is 12.6. The molecule has 0 aliphatic heterocycles. The van der Waals surface area contributed by atoms with E-state index in [0.29, 0.717) is 22.2 Å². The summed E-state index contributed by atoms with van der Waals surface area (Å²) < 4.78 is 1.79. The van der Waals surface area contributed by atoms with Gasteiger partial charge in [0.15, 0.2) is 5.78 Å². The van der Waals surface area contributed by atoms with Crippen molar-refractivity contribution in [2.45, 2.75) is 33.2 Å². The standard InChI is InChI=1S/C22H20Cl2N2O3/c1-13-20(11-22(28)29)14(2)26(25-13)12-15-3-5-17(6-4-15)21(27)9-16-7-18(23)10-19(24)8-16/h3-8,10H,9,11-12H2,1-2H3,(H,28,29). The molecule has 0 unspecified atom stereocenters. The Morgan fingerprint density at radius 2 is 1.59 bits per heavy atom. The van der Waals surface area contributed by atoms with Crippen molar-refractivity contribution >= 4 is 35.0 Å². The van der Waals surface area contributed by atoms with E-state index in [1.54, 1.807) is 35.0 Å². The Hall–Kier alpha value is -2.63. The molecule has 0 saturated carbocycles. The molecule has 0 aliphatic rings. The Bertz CT molecular complexity index is 1050. The van der Waals surface area contributed by atoms with Crippen LogP contribution < -0.4 is 0 Å². The molecule has 0 atom stereocenters. The van der Waals surface area contributed by atoms with Gasteiger partial charge < -0.3 is 5.11 Å². The predicted octanol–water partition coefficient (Wildman–Crippen LogP) is 4.91. The number of ketones is 1. The van der Waals surface area contributed by atoms with Crippen molar-refractivity contribution in [3.8, 4) is 0 Å². The van der Waals surface area contributed by atoms with Gasteiger partial charge >= 0.3 is 5.97 Å². The van der Waals surface area contributed by atoms with Crippen LogP contribution in [0.4, 0.5) is 0 Å². The molecule has 0 fully saturated rings. The largest absolute Gasteiger partial charge is 0.481 e. The molecule has 150 valence electrons. The Labute approximate surface area is 178 Å². The van der Waals surface area contributed by atoms with Gasteiger partial charge in [-0.2, -0.15) is 5.10 Å². The lowest BCUT2D eigenvalue weighted by Crippen LogP contribution is -2.07. The third kappa shape index (κ3) is 5.25. The van der Waals surface area contributed by atoms with E-state index >= 15 is 0 Å². The molecule has 1 N–H and O–H groups in total. The lowest BCUT2D eigenvalue weighted by molar-refractivity contribution is -0.136. The number of rotatable bonds is 7. The first-order valence-electron chi connectivity index (χ1n) is 9.04. The highest BCUT2D eigenvalue weighted by Gasteiger charge is 2.15. The summed E-state index contributed by atoms with van der Waals surface area (Å²) in [6.07, 6.45) is 0.175. The van der Waals surface area contributed by atoms with E-state index in [-0.39, 0.29) is 18.6 Å². The van der Waals surface area contributed by atoms with Crippen molar-refractivity contribution in [2.75, 3.05) is 0 Å². The van der Waals surface area contributed by atoms with Gasteiger partial charge in [0.2, 0.25) is 0 Å². The van der Waals surface area contributed by atoms with Crippen LogP contribution in [0.3, 0.4) is 0 Å². The first kappa shape index (κ1) is 21.1. The van der Waals surface area contributed by atoms with E-state index < -0.39 is 5.97 Å². The zero-order valence-corrected chi connectivity index (χ0v) is 17.6. The molecule has 0 spiro atoms. The highest BCUT2D eigenvalue weighted by molar-refractivity contribution is 6.34. The average Bonchev–Trinajstić information content (AvgIpc) is 2.88. The quantitative estimate of drug-likeness (QED) is 0.540. The summed E-state index contributed by atoms with van der Waals surface area (Å²) in [5.41, 5.74) is 4.64. The van der Waals surface area contributed by atoms with Crippen molar-refractivity contribution in [1.82, 2.24) is 9.78 Å². The second-order valence-corrected chi connectivity index (χ2v) is 7.82. The minimum absolute atomic E-state index is 0.0234. The number of aryl methyl sites for hydroxylation is 1. The normalized spacial score (nSPS) is 10.9. The Kier molecular flexibility index (Phi) is 6.40. The fourth-order valence-corrected chi connectivity index (χ4v) is 3.84. The van der Waals surface area contributed by atoms with Gasteiger partial charge in [-0.15, -0.1) is 0 Å². The number of carbonyl (C=O) groups is 2. The summed E-state index contributed by atoms with van der Waals surface area (Å²) >= 11 is 12.0. The van der Waals surface area contributed by atoms with Crippen LogP contribution in [0, 0.1) is 13.8 Å². The molecule has 0 aliphatic carbocycles. The Morgan fingerprint density at radius 1 is 0.966 bits per heavy atom. The van der Waals surface area contributed by atoms with Crippen LogP contribution in [0.5, 0.6) is 0 Å². The Morgan fingerprint density at radius 3 is 2.17 bits per heavy atom. The van der Waals surface area contributed by atoms with Crippen LogP contribution in [0.25, 0.3) is 0 Å². The molecule has 3 rings (SSSR count). The van der Waals surface area contributed by atoms with Gasteiger partial charge in [0, 0.05) is 33.3 Å². The summed E-state index contributed by atoms with van der Waals surface area (Å²) in [4.78, 5) is 23.6. The highest BCUT2D eigenvalue weighted by atomic mass is 35.5. The zero-order valence-electron chi connectivity index (χ0n) is 16.1. The summed E-state index contributed by atoms with van der Waals surface area (Å²) in [6.45, 7) is 4.18. The number of Topliss-reactive ketones (excluding diaryl/α,β-unsaturated/α-hetero) is 1. The number of carboxylic acid groups (broad SMARTS) is 1. The van der Waals surface area contributed by atoms with Gasteiger partial charge in [-0.3, -0.25) is 14.3 Å². The number of aromatic nitrogens is 2. The van der Waals surface area contributed by atoms with Crippen LogP contribution in [0.2, 0.25) is 10.0 Å². The van der Waals surface area contributed by atoms with E-state index in [4.69, 9.17) is 28.3 Å². The van der Waals surface area contributed by atoms with E-state index in [0.717, 1.165) is 28.1 Å². The number of hydrogen-bond acceptors (Lipinski definition) is 3. The van der Waals surface area contributed by atoms with Gasteiger partial charge in [-0.25, -0.2) is 0 Å². The van der Waals surface area contributed by atoms with E-state index in [1.165, 1.54) is 0 Å². The molecule has 0 amide bonds. The second-order valence-electron chi connectivity index (χ2n) is 6.95. The predicted molar refractivity (Wildman–Crippen MR) is 113 cm³/mol. The van der Waals surface area contributed by atoms with Crippen LogP contribution in [0.15, 0.2) is 42.5 Å². The monoisotopic (exact) mass is 430 g/mol. The van der Waals surface area contributed by atoms with Gasteiger partial charge in [0.25, 0.3) is 0 Å². The number of nitrogens with zero attached hydrogens (tertiary/aromatic N) is 2. The van der Waals surface area contributed by atoms with Gasteiger partial charge in [-0.05, 0) is 43.2 Å². The van der Waals surface area contributed by atoms with Crippen molar-refractivity contribution in [2.24, 2.45) is 0 Å². The molecular formula is C22H20Cl2N2O3. The van der Waals surface area contributed by atoms with E-state index in [9.17, 15) is 9.59 Å². The van der Waals surface area contributed by atoms with Gasteiger partial charge in [0.1, 0.15) is 0 Å². The minimum atomic E-state index is -0.875. The lowest BCUT2D eigenvalue weighted by Gasteiger charge is -2.07. The smallest absolute Gasteiger partial charge is 0.307 e. The molecule has 0 bridgehead atoms. The van der Waals surface area contributed by atoms with Gasteiger partial charge in [0.05, 0.1) is 18.7 Å². The minimum Gasteiger partial charge on any atom is -0.481 e. The van der Waals surface area contributed by atoms with Crippen LogP contribution >= 0.6 is 23.2 Å². The number of halogens is 2. The molecule has 2 aromatic carbocycles. The summed E-state index contributed by atoms with van der Waals surface area (Å²) in [5, 5.41) is 14.5. The summed E-state index contributed by atoms with van der Waals surface area (Å²) in [5.74, 6) is -0.899. The van der Waals surface area contributed by atoms with E-state index in [2.05, 4.69) is 5.10 Å². The average molecular weight is 431 g/mol. The maximum atomic E-state index is 12.6. The third-order valence-electron chi connectivity index (χ3n) is 4.75. The number of carbonyl (C=O) groups excluding carboxylic acids is 1. The molecular weight excluding hydrogens is 411 g/mol. The second kappa shape index (κ2) is 8.80. The third-order valence-corrected chi connectivity index (χ3v) is 5.19. The van der Waals surface area contributed by atoms with Crippen molar-refractivity contribution in [3.05, 3.63) is 86.2 Å². The van der Waals surface area contributed by atoms with Crippen molar-refractivity contribution < 1.29 is 14.7 Å². The number of aliphatic carboxylic acids is 1. The topological polar surface area (TPSA) is 72.2 Å². The fraction of sp³-hybridized carbons (Fsp3) is 0.227. The molecule has 29 heavy (non-hydrogen) atoms.